The van der Waals surface area contributed by atoms with E-state index in [9.17, 15) is 0 Å². The number of nitrogens with zero attached hydrogens (tertiary/aromatic N) is 2. The van der Waals surface area contributed by atoms with E-state index in [1.54, 1.807) is 29.5 Å². The SMILES string of the molecule is N#Cc1ccc(NCc2cc(Cl)cs2)cc1C#N. The highest BCUT2D eigenvalue weighted by Crippen LogP contribution is 2.21. The minimum atomic E-state index is 0.381. The van der Waals surface area contributed by atoms with Gasteiger partial charge in [0.2, 0.25) is 0 Å². The van der Waals surface area contributed by atoms with Gasteiger partial charge in [0.05, 0.1) is 16.1 Å². The molecule has 0 amide bonds. The van der Waals surface area contributed by atoms with Crippen molar-refractivity contribution in [2.45, 2.75) is 6.54 Å². The van der Waals surface area contributed by atoms with Gasteiger partial charge in [0.1, 0.15) is 12.1 Å². The molecular formula is C13H8ClN3S. The van der Waals surface area contributed by atoms with Gasteiger partial charge in [-0.3, -0.25) is 0 Å². The highest BCUT2D eigenvalue weighted by Gasteiger charge is 2.03. The monoisotopic (exact) mass is 273 g/mol. The normalized spacial score (nSPS) is 9.50. The number of hydrogen-bond donors (Lipinski definition) is 1. The second-order valence-corrected chi connectivity index (χ2v) is 5.00. The highest BCUT2D eigenvalue weighted by atomic mass is 35.5. The first-order chi connectivity index (χ1) is 8.72. The van der Waals surface area contributed by atoms with Crippen molar-refractivity contribution in [3.63, 3.8) is 0 Å². The van der Waals surface area contributed by atoms with Crippen LogP contribution in [0.2, 0.25) is 5.02 Å². The molecule has 18 heavy (non-hydrogen) atoms. The molecule has 0 saturated carbocycles. The van der Waals surface area contributed by atoms with E-state index >= 15 is 0 Å². The van der Waals surface area contributed by atoms with E-state index in [2.05, 4.69) is 5.32 Å². The molecule has 0 unspecified atom stereocenters. The van der Waals surface area contributed by atoms with E-state index in [1.807, 2.05) is 23.6 Å². The predicted octanol–water partition coefficient (Wildman–Crippen LogP) is 3.76. The summed E-state index contributed by atoms with van der Waals surface area (Å²) in [4.78, 5) is 1.11. The average Bonchev–Trinajstić information content (AvgIpc) is 2.81. The summed E-state index contributed by atoms with van der Waals surface area (Å²) >= 11 is 7.41. The molecule has 1 aromatic heterocycles. The third kappa shape index (κ3) is 2.81. The lowest BCUT2D eigenvalue weighted by molar-refractivity contribution is 1.19. The summed E-state index contributed by atoms with van der Waals surface area (Å²) in [6.07, 6.45) is 0. The van der Waals surface area contributed by atoms with Gasteiger partial charge in [-0.15, -0.1) is 11.3 Å². The van der Waals surface area contributed by atoms with Crippen LogP contribution in [0.3, 0.4) is 0 Å². The minimum Gasteiger partial charge on any atom is -0.380 e. The van der Waals surface area contributed by atoms with E-state index in [4.69, 9.17) is 22.1 Å². The Balaban J connectivity index is 2.11. The molecule has 88 valence electrons. The van der Waals surface area contributed by atoms with Gasteiger partial charge in [-0.25, -0.2) is 0 Å². The Morgan fingerprint density at radius 2 is 1.94 bits per heavy atom. The van der Waals surface area contributed by atoms with Crippen molar-refractivity contribution in [3.8, 4) is 12.1 Å². The molecular weight excluding hydrogens is 266 g/mol. The molecule has 1 heterocycles. The summed E-state index contributed by atoms with van der Waals surface area (Å²) in [6, 6.07) is 11.0. The number of nitriles is 2. The first-order valence-corrected chi connectivity index (χ1v) is 6.39. The number of benzene rings is 1. The second kappa shape index (κ2) is 5.55. The average molecular weight is 274 g/mol. The Kier molecular flexibility index (Phi) is 3.84. The van der Waals surface area contributed by atoms with Crippen molar-refractivity contribution in [1.82, 2.24) is 0 Å². The van der Waals surface area contributed by atoms with Gasteiger partial charge < -0.3 is 5.32 Å². The van der Waals surface area contributed by atoms with Gasteiger partial charge in [0, 0.05) is 22.5 Å². The van der Waals surface area contributed by atoms with Gasteiger partial charge in [-0.1, -0.05) is 11.6 Å². The maximum Gasteiger partial charge on any atom is 0.101 e. The van der Waals surface area contributed by atoms with Crippen LogP contribution in [0, 0.1) is 22.7 Å². The number of halogens is 1. The fraction of sp³-hybridized carbons (Fsp3) is 0.0769. The van der Waals surface area contributed by atoms with Crippen molar-refractivity contribution in [2.75, 3.05) is 5.32 Å². The molecule has 0 aliphatic rings. The Morgan fingerprint density at radius 1 is 1.17 bits per heavy atom. The summed E-state index contributed by atoms with van der Waals surface area (Å²) in [7, 11) is 0. The number of thiophene rings is 1. The van der Waals surface area contributed by atoms with Crippen LogP contribution in [-0.2, 0) is 6.54 Å². The lowest BCUT2D eigenvalue weighted by Gasteiger charge is -2.05. The van der Waals surface area contributed by atoms with E-state index < -0.39 is 0 Å². The fourth-order valence-electron chi connectivity index (χ4n) is 1.48. The zero-order chi connectivity index (χ0) is 13.0. The standard InChI is InChI=1S/C13H8ClN3S/c14-11-4-13(18-8-11)7-17-12-2-1-9(5-15)10(3-12)6-16/h1-4,8,17H,7H2. The molecule has 2 rings (SSSR count). The molecule has 2 aromatic rings. The van der Waals surface area contributed by atoms with Crippen molar-refractivity contribution < 1.29 is 0 Å². The topological polar surface area (TPSA) is 59.6 Å². The minimum absolute atomic E-state index is 0.381. The summed E-state index contributed by atoms with van der Waals surface area (Å²) in [5.74, 6) is 0. The quantitative estimate of drug-likeness (QED) is 0.926. The van der Waals surface area contributed by atoms with E-state index in [0.717, 1.165) is 15.6 Å². The molecule has 0 radical (unpaired) electrons. The number of rotatable bonds is 3. The van der Waals surface area contributed by atoms with E-state index in [1.165, 1.54) is 0 Å². The first kappa shape index (κ1) is 12.4. The zero-order valence-electron chi connectivity index (χ0n) is 9.27. The van der Waals surface area contributed by atoms with Crippen LogP contribution in [0.1, 0.15) is 16.0 Å². The number of anilines is 1. The summed E-state index contributed by atoms with van der Waals surface area (Å²) < 4.78 is 0. The third-order valence-electron chi connectivity index (χ3n) is 2.35. The van der Waals surface area contributed by atoms with Crippen LogP contribution < -0.4 is 5.32 Å². The van der Waals surface area contributed by atoms with Gasteiger partial charge in [0.25, 0.3) is 0 Å². The number of nitrogens with one attached hydrogen (secondary N) is 1. The Hall–Kier alpha value is -2.01. The van der Waals surface area contributed by atoms with Crippen molar-refractivity contribution in [1.29, 1.82) is 10.5 Å². The zero-order valence-corrected chi connectivity index (χ0v) is 10.8. The van der Waals surface area contributed by atoms with Crippen LogP contribution in [0.15, 0.2) is 29.6 Å². The van der Waals surface area contributed by atoms with Crippen LogP contribution >= 0.6 is 22.9 Å². The lowest BCUT2D eigenvalue weighted by atomic mass is 10.1. The van der Waals surface area contributed by atoms with E-state index in [-0.39, 0.29) is 0 Å². The molecule has 0 saturated heterocycles. The third-order valence-corrected chi connectivity index (χ3v) is 3.63. The fourth-order valence-corrected chi connectivity index (χ4v) is 2.49. The summed E-state index contributed by atoms with van der Waals surface area (Å²) in [6.45, 7) is 0.647. The van der Waals surface area contributed by atoms with Crippen LogP contribution in [0.25, 0.3) is 0 Å². The van der Waals surface area contributed by atoms with Gasteiger partial charge in [-0.05, 0) is 24.3 Å². The molecule has 0 spiro atoms. The van der Waals surface area contributed by atoms with Crippen molar-refractivity contribution in [2.24, 2.45) is 0 Å². The van der Waals surface area contributed by atoms with Crippen molar-refractivity contribution >= 4 is 28.6 Å². The Morgan fingerprint density at radius 3 is 2.56 bits per heavy atom. The van der Waals surface area contributed by atoms with Gasteiger partial charge >= 0.3 is 0 Å². The molecule has 5 heteroatoms. The predicted molar refractivity (Wildman–Crippen MR) is 72.5 cm³/mol. The second-order valence-electron chi connectivity index (χ2n) is 3.57. The van der Waals surface area contributed by atoms with Gasteiger partial charge in [-0.2, -0.15) is 10.5 Å². The molecule has 0 aliphatic heterocycles. The molecule has 1 aromatic carbocycles. The Bertz CT molecular complexity index is 649. The maximum atomic E-state index is 8.92. The highest BCUT2D eigenvalue weighted by molar-refractivity contribution is 7.10. The Labute approximate surface area is 114 Å². The van der Waals surface area contributed by atoms with Crippen LogP contribution in [0.5, 0.6) is 0 Å². The first-order valence-electron chi connectivity index (χ1n) is 5.14. The van der Waals surface area contributed by atoms with Crippen molar-refractivity contribution in [3.05, 3.63) is 50.7 Å². The van der Waals surface area contributed by atoms with Gasteiger partial charge in [0.15, 0.2) is 0 Å². The summed E-state index contributed by atoms with van der Waals surface area (Å²) in [5.41, 5.74) is 1.59. The molecule has 0 aliphatic carbocycles. The molecule has 0 bridgehead atoms. The molecule has 3 nitrogen and oxygen atoms in total. The van der Waals surface area contributed by atoms with Crippen LogP contribution in [-0.4, -0.2) is 0 Å². The largest absolute Gasteiger partial charge is 0.380 e. The summed E-state index contributed by atoms with van der Waals surface area (Å²) in [5, 5.41) is 23.5. The van der Waals surface area contributed by atoms with Crippen LogP contribution in [0.4, 0.5) is 5.69 Å². The van der Waals surface area contributed by atoms with E-state index in [0.29, 0.717) is 17.7 Å². The molecule has 1 N–H and O–H groups in total. The lowest BCUT2D eigenvalue weighted by Crippen LogP contribution is -1.98. The maximum absolute atomic E-state index is 8.92. The smallest absolute Gasteiger partial charge is 0.101 e. The molecule has 0 fully saturated rings. The molecule has 0 atom stereocenters. The number of hydrogen-bond acceptors (Lipinski definition) is 4.